The van der Waals surface area contributed by atoms with Crippen LogP contribution in [0.2, 0.25) is 0 Å². The third-order valence-electron chi connectivity index (χ3n) is 1.38. The lowest BCUT2D eigenvalue weighted by Crippen LogP contribution is -2.49. The molecule has 0 radical (unpaired) electrons. The van der Waals surface area contributed by atoms with Crippen LogP contribution in [0.1, 0.15) is 12.8 Å². The maximum absolute atomic E-state index is 5.40. The minimum absolute atomic E-state index is 0. The zero-order chi connectivity index (χ0) is 4.57. The summed E-state index contributed by atoms with van der Waals surface area (Å²) in [5.41, 5.74) is 10.8. The van der Waals surface area contributed by atoms with Gasteiger partial charge in [0, 0.05) is 12.1 Å². The number of halogens is 1. The fourth-order valence-electron chi connectivity index (χ4n) is 0.552. The van der Waals surface area contributed by atoms with E-state index in [4.69, 9.17) is 11.5 Å². The third-order valence-corrected chi connectivity index (χ3v) is 1.38. The first-order chi connectivity index (χ1) is 2.80. The van der Waals surface area contributed by atoms with E-state index < -0.39 is 0 Å². The first kappa shape index (κ1) is 7.21. The molecule has 1 rings (SSSR count). The van der Waals surface area contributed by atoms with Gasteiger partial charge in [-0.1, -0.05) is 0 Å². The smallest absolute Gasteiger partial charge is 0.0192 e. The summed E-state index contributed by atoms with van der Waals surface area (Å²) in [5, 5.41) is 0. The van der Waals surface area contributed by atoms with Gasteiger partial charge >= 0.3 is 0 Å². The molecule has 0 unspecified atom stereocenters. The molecular weight excluding hydrogens is 112 g/mol. The lowest BCUT2D eigenvalue weighted by molar-refractivity contribution is 0.347. The van der Waals surface area contributed by atoms with Gasteiger partial charge in [-0.25, -0.2) is 0 Å². The molecule has 0 aromatic rings. The van der Waals surface area contributed by atoms with E-state index in [0.29, 0.717) is 12.1 Å². The van der Waals surface area contributed by atoms with Crippen LogP contribution >= 0.6 is 12.4 Å². The van der Waals surface area contributed by atoms with Gasteiger partial charge in [0.15, 0.2) is 0 Å². The molecular formula is C4H11ClN2. The van der Waals surface area contributed by atoms with Crippen LogP contribution in [0.15, 0.2) is 0 Å². The maximum atomic E-state index is 5.40. The van der Waals surface area contributed by atoms with E-state index in [1.165, 1.54) is 0 Å². The molecule has 4 N–H and O–H groups in total. The topological polar surface area (TPSA) is 52.0 Å². The molecule has 0 bridgehead atoms. The molecule has 44 valence electrons. The normalized spacial score (nSPS) is 38.6. The van der Waals surface area contributed by atoms with Crippen LogP contribution in [0.3, 0.4) is 0 Å². The van der Waals surface area contributed by atoms with Crippen molar-refractivity contribution in [3.8, 4) is 0 Å². The van der Waals surface area contributed by atoms with Gasteiger partial charge in [-0.15, -0.1) is 12.4 Å². The fraction of sp³-hybridized carbons (Fsp3) is 1.00. The Morgan fingerprint density at radius 1 is 1.00 bits per heavy atom. The van der Waals surface area contributed by atoms with Gasteiger partial charge in [0.1, 0.15) is 0 Å². The number of nitrogens with two attached hydrogens (primary N) is 2. The van der Waals surface area contributed by atoms with Gasteiger partial charge in [0.2, 0.25) is 0 Å². The fourth-order valence-corrected chi connectivity index (χ4v) is 0.552. The predicted molar refractivity (Wildman–Crippen MR) is 32.4 cm³/mol. The average molecular weight is 123 g/mol. The average Bonchev–Trinajstić information content (AvgIpc) is 1.61. The van der Waals surface area contributed by atoms with Crippen LogP contribution in [0, 0.1) is 0 Å². The summed E-state index contributed by atoms with van der Waals surface area (Å²) in [5.74, 6) is 0. The van der Waals surface area contributed by atoms with E-state index in [-0.39, 0.29) is 12.4 Å². The second kappa shape index (κ2) is 2.50. The lowest BCUT2D eigenvalue weighted by Gasteiger charge is -2.29. The van der Waals surface area contributed by atoms with Crippen molar-refractivity contribution in [3.05, 3.63) is 0 Å². The first-order valence-corrected chi connectivity index (χ1v) is 2.32. The highest BCUT2D eigenvalue weighted by atomic mass is 35.5. The molecule has 2 atom stereocenters. The molecule has 0 aromatic heterocycles. The second-order valence-electron chi connectivity index (χ2n) is 1.91. The highest BCUT2D eigenvalue weighted by Gasteiger charge is 2.22. The summed E-state index contributed by atoms with van der Waals surface area (Å²) in [7, 11) is 0. The molecule has 3 heteroatoms. The van der Waals surface area contributed by atoms with Crippen LogP contribution in [-0.4, -0.2) is 12.1 Å². The van der Waals surface area contributed by atoms with Gasteiger partial charge in [0.25, 0.3) is 0 Å². The summed E-state index contributed by atoms with van der Waals surface area (Å²) in [6.45, 7) is 0. The largest absolute Gasteiger partial charge is 0.326 e. The Labute approximate surface area is 49.7 Å². The molecule has 0 aliphatic heterocycles. The molecule has 1 aliphatic carbocycles. The molecule has 0 spiro atoms. The summed E-state index contributed by atoms with van der Waals surface area (Å²) in [4.78, 5) is 0. The molecule has 0 heterocycles. The zero-order valence-corrected chi connectivity index (χ0v) is 4.95. The van der Waals surface area contributed by atoms with Crippen molar-refractivity contribution in [2.24, 2.45) is 11.5 Å². The Morgan fingerprint density at radius 2 is 1.29 bits per heavy atom. The highest BCUT2D eigenvalue weighted by molar-refractivity contribution is 5.85. The molecule has 2 nitrogen and oxygen atoms in total. The molecule has 1 saturated carbocycles. The van der Waals surface area contributed by atoms with Crippen molar-refractivity contribution in [3.63, 3.8) is 0 Å². The van der Waals surface area contributed by atoms with E-state index in [9.17, 15) is 0 Å². The van der Waals surface area contributed by atoms with Gasteiger partial charge in [-0.05, 0) is 12.8 Å². The zero-order valence-electron chi connectivity index (χ0n) is 4.13. The van der Waals surface area contributed by atoms with Crippen molar-refractivity contribution < 1.29 is 0 Å². The Kier molecular flexibility index (Phi) is 2.58. The highest BCUT2D eigenvalue weighted by Crippen LogP contribution is 2.13. The van der Waals surface area contributed by atoms with Gasteiger partial charge in [0.05, 0.1) is 0 Å². The van der Waals surface area contributed by atoms with E-state index in [2.05, 4.69) is 0 Å². The van der Waals surface area contributed by atoms with Crippen LogP contribution in [-0.2, 0) is 0 Å². The van der Waals surface area contributed by atoms with Crippen molar-refractivity contribution in [1.29, 1.82) is 0 Å². The number of hydrogen-bond acceptors (Lipinski definition) is 2. The van der Waals surface area contributed by atoms with E-state index in [1.807, 2.05) is 0 Å². The SMILES string of the molecule is Cl.N[C@@H]1CC[C@@H]1N. The Bertz CT molecular complexity index is 49.7. The maximum Gasteiger partial charge on any atom is 0.0192 e. The summed E-state index contributed by atoms with van der Waals surface area (Å²) < 4.78 is 0. The Morgan fingerprint density at radius 3 is 1.29 bits per heavy atom. The predicted octanol–water partition coefficient (Wildman–Crippen LogP) is -0.143. The van der Waals surface area contributed by atoms with E-state index >= 15 is 0 Å². The van der Waals surface area contributed by atoms with Crippen LogP contribution in [0.5, 0.6) is 0 Å². The number of rotatable bonds is 0. The van der Waals surface area contributed by atoms with Crippen LogP contribution < -0.4 is 11.5 Å². The van der Waals surface area contributed by atoms with Crippen LogP contribution in [0.4, 0.5) is 0 Å². The molecule has 0 saturated heterocycles. The molecule has 1 fully saturated rings. The molecule has 7 heavy (non-hydrogen) atoms. The number of hydrogen-bond donors (Lipinski definition) is 2. The minimum atomic E-state index is 0. The van der Waals surface area contributed by atoms with E-state index in [1.54, 1.807) is 0 Å². The monoisotopic (exact) mass is 122 g/mol. The third kappa shape index (κ3) is 1.30. The summed E-state index contributed by atoms with van der Waals surface area (Å²) in [6.07, 6.45) is 2.25. The van der Waals surface area contributed by atoms with Crippen molar-refractivity contribution in [2.45, 2.75) is 24.9 Å². The molecule has 1 aliphatic rings. The van der Waals surface area contributed by atoms with Crippen LogP contribution in [0.25, 0.3) is 0 Å². The standard InChI is InChI=1S/C4H10N2.ClH/c5-3-1-2-4(3)6;/h3-4H,1-2,5-6H2;1H/t3-,4+;. The molecule has 0 aromatic carbocycles. The van der Waals surface area contributed by atoms with Crippen molar-refractivity contribution >= 4 is 12.4 Å². The summed E-state index contributed by atoms with van der Waals surface area (Å²) >= 11 is 0. The molecule has 0 amide bonds. The minimum Gasteiger partial charge on any atom is -0.326 e. The van der Waals surface area contributed by atoms with Gasteiger partial charge in [-0.2, -0.15) is 0 Å². The lowest BCUT2D eigenvalue weighted by atomic mass is 9.88. The Balaban J connectivity index is 0.000000360. The van der Waals surface area contributed by atoms with Crippen molar-refractivity contribution in [2.75, 3.05) is 0 Å². The summed E-state index contributed by atoms with van der Waals surface area (Å²) in [6, 6.07) is 0.620. The van der Waals surface area contributed by atoms with E-state index in [0.717, 1.165) is 12.8 Å². The quantitative estimate of drug-likeness (QED) is 0.470. The van der Waals surface area contributed by atoms with Gasteiger partial charge in [-0.3, -0.25) is 0 Å². The van der Waals surface area contributed by atoms with Gasteiger partial charge < -0.3 is 11.5 Å². The second-order valence-corrected chi connectivity index (χ2v) is 1.91. The Hall–Kier alpha value is 0.210. The first-order valence-electron chi connectivity index (χ1n) is 2.32. The van der Waals surface area contributed by atoms with Crippen molar-refractivity contribution in [1.82, 2.24) is 0 Å².